The van der Waals surface area contributed by atoms with Gasteiger partial charge < -0.3 is 15.2 Å². The van der Waals surface area contributed by atoms with Gasteiger partial charge in [-0.25, -0.2) is 4.99 Å². The van der Waals surface area contributed by atoms with Crippen molar-refractivity contribution >= 4 is 29.9 Å². The number of guanidine groups is 1. The SMILES string of the molecule is CCNC(=NCc1nnc2n1CCCCC2)NC1CCC(C(C)C)CC1.I. The summed E-state index contributed by atoms with van der Waals surface area (Å²) >= 11 is 0. The molecule has 0 radical (unpaired) electrons. The van der Waals surface area contributed by atoms with E-state index in [2.05, 4.69) is 46.2 Å². The van der Waals surface area contributed by atoms with Crippen LogP contribution in [-0.4, -0.2) is 33.3 Å². The Hall–Kier alpha value is -0.860. The van der Waals surface area contributed by atoms with Crippen molar-refractivity contribution in [2.24, 2.45) is 16.8 Å². The van der Waals surface area contributed by atoms with Gasteiger partial charge in [-0.3, -0.25) is 0 Å². The summed E-state index contributed by atoms with van der Waals surface area (Å²) < 4.78 is 2.29. The van der Waals surface area contributed by atoms with Crippen molar-refractivity contribution in [1.29, 1.82) is 0 Å². The molecule has 2 N–H and O–H groups in total. The fraction of sp³-hybridized carbons (Fsp3) is 0.850. The summed E-state index contributed by atoms with van der Waals surface area (Å²) in [6, 6.07) is 0.540. The van der Waals surface area contributed by atoms with Gasteiger partial charge in [0.15, 0.2) is 11.8 Å². The first-order valence-corrected chi connectivity index (χ1v) is 10.6. The van der Waals surface area contributed by atoms with Crippen molar-refractivity contribution in [3.05, 3.63) is 11.6 Å². The molecule has 2 aliphatic rings. The molecule has 0 bridgehead atoms. The van der Waals surface area contributed by atoms with Crippen LogP contribution in [-0.2, 0) is 19.5 Å². The molecule has 0 unspecified atom stereocenters. The molecule has 0 saturated heterocycles. The number of aromatic nitrogens is 3. The lowest BCUT2D eigenvalue weighted by atomic mass is 9.80. The number of nitrogens with zero attached hydrogens (tertiary/aromatic N) is 4. The second kappa shape index (κ2) is 11.2. The minimum absolute atomic E-state index is 0. The molecule has 7 heteroatoms. The van der Waals surface area contributed by atoms with Gasteiger partial charge in [0.2, 0.25) is 0 Å². The van der Waals surface area contributed by atoms with E-state index in [1.165, 1.54) is 44.9 Å². The maximum atomic E-state index is 4.81. The zero-order chi connectivity index (χ0) is 18.4. The van der Waals surface area contributed by atoms with Crippen LogP contribution in [0.1, 0.15) is 77.4 Å². The van der Waals surface area contributed by atoms with Crippen molar-refractivity contribution < 1.29 is 0 Å². The van der Waals surface area contributed by atoms with Crippen molar-refractivity contribution in [2.75, 3.05) is 6.54 Å². The maximum Gasteiger partial charge on any atom is 0.191 e. The van der Waals surface area contributed by atoms with Crippen LogP contribution in [0.2, 0.25) is 0 Å². The lowest BCUT2D eigenvalue weighted by Gasteiger charge is -2.32. The molecule has 0 atom stereocenters. The standard InChI is InChI=1S/C20H36N6.HI/c1-4-21-20(23-17-11-9-16(10-12-17)15(2)3)22-14-19-25-24-18-8-6-5-7-13-26(18)19;/h15-17H,4-14H2,1-3H3,(H2,21,22,23);1H. The highest BCUT2D eigenvalue weighted by Crippen LogP contribution is 2.29. The molecule has 1 saturated carbocycles. The Kier molecular flexibility index (Phi) is 9.32. The number of fused-ring (bicyclic) bond motifs is 1. The summed E-state index contributed by atoms with van der Waals surface area (Å²) in [5, 5.41) is 15.8. The van der Waals surface area contributed by atoms with E-state index < -0.39 is 0 Å². The largest absolute Gasteiger partial charge is 0.357 e. The molecular weight excluding hydrogens is 451 g/mol. The molecule has 1 aliphatic heterocycles. The molecule has 6 nitrogen and oxygen atoms in total. The van der Waals surface area contributed by atoms with E-state index in [0.29, 0.717) is 12.6 Å². The summed E-state index contributed by atoms with van der Waals surface area (Å²) in [4.78, 5) is 4.81. The smallest absolute Gasteiger partial charge is 0.191 e. The molecule has 0 aromatic carbocycles. The van der Waals surface area contributed by atoms with Crippen LogP contribution in [0, 0.1) is 11.8 Å². The maximum absolute atomic E-state index is 4.81. The number of nitrogens with one attached hydrogen (secondary N) is 2. The molecule has 1 fully saturated rings. The van der Waals surface area contributed by atoms with Crippen LogP contribution in [0.3, 0.4) is 0 Å². The molecule has 1 aliphatic carbocycles. The summed E-state index contributed by atoms with van der Waals surface area (Å²) in [6.07, 6.45) is 9.92. The van der Waals surface area contributed by atoms with Gasteiger partial charge in [0.25, 0.3) is 0 Å². The second-order valence-electron chi connectivity index (χ2n) is 8.19. The highest BCUT2D eigenvalue weighted by atomic mass is 127. The number of hydrogen-bond acceptors (Lipinski definition) is 3. The fourth-order valence-corrected chi connectivity index (χ4v) is 4.26. The zero-order valence-electron chi connectivity index (χ0n) is 17.2. The van der Waals surface area contributed by atoms with Crippen molar-refractivity contribution in [3.8, 4) is 0 Å². The van der Waals surface area contributed by atoms with E-state index in [4.69, 9.17) is 4.99 Å². The number of halogens is 1. The van der Waals surface area contributed by atoms with Crippen LogP contribution in [0.15, 0.2) is 4.99 Å². The molecule has 3 rings (SSSR count). The van der Waals surface area contributed by atoms with E-state index in [1.54, 1.807) is 0 Å². The van der Waals surface area contributed by atoms with E-state index in [9.17, 15) is 0 Å². The Morgan fingerprint density at radius 3 is 2.63 bits per heavy atom. The minimum Gasteiger partial charge on any atom is -0.357 e. The Labute approximate surface area is 181 Å². The Bertz CT molecular complexity index is 589. The predicted molar refractivity (Wildman–Crippen MR) is 122 cm³/mol. The molecular formula is C20H37IN6. The Balaban J connectivity index is 0.00000261. The van der Waals surface area contributed by atoms with E-state index in [-0.39, 0.29) is 24.0 Å². The third-order valence-corrected chi connectivity index (χ3v) is 5.96. The van der Waals surface area contributed by atoms with Gasteiger partial charge in [-0.15, -0.1) is 34.2 Å². The summed E-state index contributed by atoms with van der Waals surface area (Å²) in [7, 11) is 0. The first-order chi connectivity index (χ1) is 12.7. The first-order valence-electron chi connectivity index (χ1n) is 10.6. The van der Waals surface area contributed by atoms with E-state index in [0.717, 1.165) is 49.0 Å². The number of aryl methyl sites for hydroxylation is 1. The zero-order valence-corrected chi connectivity index (χ0v) is 19.5. The lowest BCUT2D eigenvalue weighted by molar-refractivity contribution is 0.250. The van der Waals surface area contributed by atoms with Crippen LogP contribution >= 0.6 is 24.0 Å². The average Bonchev–Trinajstić information content (AvgIpc) is 2.86. The monoisotopic (exact) mass is 488 g/mol. The van der Waals surface area contributed by atoms with Crippen LogP contribution < -0.4 is 10.6 Å². The Morgan fingerprint density at radius 1 is 1.15 bits per heavy atom. The minimum atomic E-state index is 0. The molecule has 27 heavy (non-hydrogen) atoms. The van der Waals surface area contributed by atoms with Crippen LogP contribution in [0.5, 0.6) is 0 Å². The van der Waals surface area contributed by atoms with Crippen molar-refractivity contribution in [2.45, 2.75) is 91.3 Å². The normalized spacial score (nSPS) is 23.3. The second-order valence-corrected chi connectivity index (χ2v) is 8.19. The number of hydrogen-bond donors (Lipinski definition) is 2. The van der Waals surface area contributed by atoms with Crippen molar-refractivity contribution in [3.63, 3.8) is 0 Å². The molecule has 0 spiro atoms. The lowest BCUT2D eigenvalue weighted by Crippen LogP contribution is -2.45. The highest BCUT2D eigenvalue weighted by molar-refractivity contribution is 14.0. The number of aliphatic imine (C=N–C) groups is 1. The fourth-order valence-electron chi connectivity index (χ4n) is 4.26. The first kappa shape index (κ1) is 22.4. The van der Waals surface area contributed by atoms with Gasteiger partial charge in [0, 0.05) is 25.6 Å². The molecule has 1 aromatic heterocycles. The molecule has 154 valence electrons. The molecule has 1 aromatic rings. The van der Waals surface area contributed by atoms with Gasteiger partial charge >= 0.3 is 0 Å². The van der Waals surface area contributed by atoms with Gasteiger partial charge in [0.1, 0.15) is 12.4 Å². The van der Waals surface area contributed by atoms with Crippen LogP contribution in [0.25, 0.3) is 0 Å². The van der Waals surface area contributed by atoms with Gasteiger partial charge in [-0.1, -0.05) is 20.3 Å². The quantitative estimate of drug-likeness (QED) is 0.375. The Morgan fingerprint density at radius 2 is 1.93 bits per heavy atom. The summed E-state index contributed by atoms with van der Waals surface area (Å²) in [5.74, 6) is 4.76. The number of rotatable bonds is 5. The predicted octanol–water partition coefficient (Wildman–Crippen LogP) is 3.89. The van der Waals surface area contributed by atoms with E-state index in [1.807, 2.05) is 0 Å². The summed E-state index contributed by atoms with van der Waals surface area (Å²) in [6.45, 7) is 9.35. The van der Waals surface area contributed by atoms with Gasteiger partial charge in [0.05, 0.1) is 0 Å². The highest BCUT2D eigenvalue weighted by Gasteiger charge is 2.23. The molecule has 2 heterocycles. The summed E-state index contributed by atoms with van der Waals surface area (Å²) in [5.41, 5.74) is 0. The van der Waals surface area contributed by atoms with Gasteiger partial charge in [-0.2, -0.15) is 0 Å². The average molecular weight is 488 g/mol. The van der Waals surface area contributed by atoms with Crippen molar-refractivity contribution in [1.82, 2.24) is 25.4 Å². The van der Waals surface area contributed by atoms with E-state index >= 15 is 0 Å². The third-order valence-electron chi connectivity index (χ3n) is 5.96. The third kappa shape index (κ3) is 6.32. The molecule has 0 amide bonds. The van der Waals surface area contributed by atoms with Crippen LogP contribution in [0.4, 0.5) is 0 Å². The van der Waals surface area contributed by atoms with Gasteiger partial charge in [-0.05, 0) is 57.3 Å². The topological polar surface area (TPSA) is 67.1 Å².